The van der Waals surface area contributed by atoms with E-state index in [1.165, 1.54) is 0 Å². The van der Waals surface area contributed by atoms with Gasteiger partial charge in [-0.1, -0.05) is 12.7 Å². The Morgan fingerprint density at radius 3 is 2.85 bits per heavy atom. The van der Waals surface area contributed by atoms with E-state index in [4.69, 9.17) is 25.2 Å². The lowest BCUT2D eigenvalue weighted by molar-refractivity contribution is 0.122. The van der Waals surface area contributed by atoms with Crippen LogP contribution >= 0.6 is 0 Å². The lowest BCUT2D eigenvalue weighted by Crippen LogP contribution is -2.36. The van der Waals surface area contributed by atoms with Crippen LogP contribution in [0, 0.1) is 0 Å². The first kappa shape index (κ1) is 17.2. The van der Waals surface area contributed by atoms with Crippen LogP contribution in [0.15, 0.2) is 53.8 Å². The SMILES string of the molecule is C=C1/C=C(c2ccc3ncc(N4CCOCC4)nc3n2)\C=C/CO/C(N)=N\1. The fourth-order valence-corrected chi connectivity index (χ4v) is 2.90. The molecule has 0 aromatic carbocycles. The summed E-state index contributed by atoms with van der Waals surface area (Å²) in [4.78, 5) is 20.1. The molecule has 2 aliphatic rings. The number of amidine groups is 1. The minimum absolute atomic E-state index is 0.0923. The van der Waals surface area contributed by atoms with Crippen molar-refractivity contribution in [3.8, 4) is 0 Å². The molecule has 0 amide bonds. The van der Waals surface area contributed by atoms with Crippen molar-refractivity contribution in [1.29, 1.82) is 0 Å². The molecule has 8 nitrogen and oxygen atoms in total. The predicted octanol–water partition coefficient (Wildman–Crippen LogP) is 1.66. The summed E-state index contributed by atoms with van der Waals surface area (Å²) in [5.74, 6) is 0.810. The lowest BCUT2D eigenvalue weighted by Gasteiger charge is -2.27. The van der Waals surface area contributed by atoms with E-state index >= 15 is 0 Å². The second kappa shape index (κ2) is 7.55. The summed E-state index contributed by atoms with van der Waals surface area (Å²) in [5.41, 5.74) is 9.10. The van der Waals surface area contributed by atoms with Crippen molar-refractivity contribution in [2.75, 3.05) is 37.8 Å². The molecule has 1 fully saturated rings. The van der Waals surface area contributed by atoms with E-state index in [1.54, 1.807) is 6.20 Å². The highest BCUT2D eigenvalue weighted by Gasteiger charge is 2.14. The molecule has 2 aliphatic heterocycles. The van der Waals surface area contributed by atoms with E-state index < -0.39 is 0 Å². The summed E-state index contributed by atoms with van der Waals surface area (Å²) >= 11 is 0. The number of pyridine rings is 1. The van der Waals surface area contributed by atoms with Crippen LogP contribution in [-0.2, 0) is 9.47 Å². The normalized spacial score (nSPS) is 23.3. The van der Waals surface area contributed by atoms with Gasteiger partial charge in [0.25, 0.3) is 6.02 Å². The number of aliphatic imine (C=N–C) groups is 1. The van der Waals surface area contributed by atoms with Crippen molar-refractivity contribution in [3.63, 3.8) is 0 Å². The maximum atomic E-state index is 5.67. The number of allylic oxidation sites excluding steroid dienone is 3. The Labute approximate surface area is 156 Å². The molecule has 0 bridgehead atoms. The largest absolute Gasteiger partial charge is 0.461 e. The van der Waals surface area contributed by atoms with E-state index in [-0.39, 0.29) is 6.02 Å². The summed E-state index contributed by atoms with van der Waals surface area (Å²) < 4.78 is 10.7. The van der Waals surface area contributed by atoms with E-state index in [0.29, 0.717) is 31.2 Å². The van der Waals surface area contributed by atoms with Crippen LogP contribution in [0.2, 0.25) is 0 Å². The van der Waals surface area contributed by atoms with Gasteiger partial charge < -0.3 is 20.1 Å². The summed E-state index contributed by atoms with van der Waals surface area (Å²) in [7, 11) is 0. The molecule has 8 heteroatoms. The van der Waals surface area contributed by atoms with Crippen LogP contribution in [-0.4, -0.2) is 53.9 Å². The number of nitrogens with two attached hydrogens (primary N) is 1. The molecule has 4 rings (SSSR count). The Balaban J connectivity index is 1.71. The van der Waals surface area contributed by atoms with E-state index in [2.05, 4.69) is 21.5 Å². The summed E-state index contributed by atoms with van der Waals surface area (Å²) in [6.07, 6.45) is 7.36. The Bertz CT molecular complexity index is 960. The second-order valence-corrected chi connectivity index (χ2v) is 6.12. The number of fused-ring (bicyclic) bond motifs is 1. The Morgan fingerprint density at radius 2 is 2.00 bits per heavy atom. The van der Waals surface area contributed by atoms with Gasteiger partial charge in [-0.05, 0) is 24.3 Å². The van der Waals surface area contributed by atoms with Gasteiger partial charge in [0.05, 0.1) is 30.8 Å². The van der Waals surface area contributed by atoms with Crippen molar-refractivity contribution in [2.45, 2.75) is 0 Å². The number of hydrogen-bond donors (Lipinski definition) is 1. The molecule has 0 saturated carbocycles. The van der Waals surface area contributed by atoms with Crippen LogP contribution in [0.4, 0.5) is 5.82 Å². The number of anilines is 1. The third kappa shape index (κ3) is 3.95. The van der Waals surface area contributed by atoms with Gasteiger partial charge in [0.1, 0.15) is 17.9 Å². The molecule has 0 atom stereocenters. The molecule has 138 valence electrons. The van der Waals surface area contributed by atoms with Crippen molar-refractivity contribution >= 4 is 28.6 Å². The molecule has 0 aliphatic carbocycles. The zero-order chi connectivity index (χ0) is 18.6. The number of ether oxygens (including phenoxy) is 2. The van der Waals surface area contributed by atoms with Crippen LogP contribution in [0.3, 0.4) is 0 Å². The van der Waals surface area contributed by atoms with Crippen molar-refractivity contribution in [2.24, 2.45) is 10.7 Å². The van der Waals surface area contributed by atoms with Gasteiger partial charge in [-0.2, -0.15) is 4.99 Å². The summed E-state index contributed by atoms with van der Waals surface area (Å²) in [6.45, 7) is 7.20. The fraction of sp³-hybridized carbons (Fsp3) is 0.263. The van der Waals surface area contributed by atoms with Crippen molar-refractivity contribution in [1.82, 2.24) is 15.0 Å². The van der Waals surface area contributed by atoms with E-state index in [0.717, 1.165) is 35.7 Å². The van der Waals surface area contributed by atoms with Gasteiger partial charge in [0, 0.05) is 18.7 Å². The molecule has 2 N–H and O–H groups in total. The molecule has 0 spiro atoms. The van der Waals surface area contributed by atoms with E-state index in [1.807, 2.05) is 30.4 Å². The maximum Gasteiger partial charge on any atom is 0.287 e. The summed E-state index contributed by atoms with van der Waals surface area (Å²) in [6, 6.07) is 3.90. The molecule has 2 aromatic rings. The minimum atomic E-state index is 0.0923. The maximum absolute atomic E-state index is 5.67. The number of hydrogen-bond acceptors (Lipinski definition) is 8. The van der Waals surface area contributed by atoms with Gasteiger partial charge >= 0.3 is 0 Å². The first-order valence-electron chi connectivity index (χ1n) is 8.70. The smallest absolute Gasteiger partial charge is 0.287 e. The van der Waals surface area contributed by atoms with Crippen LogP contribution in [0.5, 0.6) is 0 Å². The monoisotopic (exact) mass is 364 g/mol. The first-order chi connectivity index (χ1) is 13.2. The highest BCUT2D eigenvalue weighted by Crippen LogP contribution is 2.21. The minimum Gasteiger partial charge on any atom is -0.461 e. The average Bonchev–Trinajstić information content (AvgIpc) is 2.77. The average molecular weight is 364 g/mol. The molecule has 1 saturated heterocycles. The number of nitrogens with zero attached hydrogens (tertiary/aromatic N) is 5. The first-order valence-corrected chi connectivity index (χ1v) is 8.70. The molecule has 0 unspecified atom stereocenters. The van der Waals surface area contributed by atoms with Crippen LogP contribution in [0.1, 0.15) is 5.69 Å². The highest BCUT2D eigenvalue weighted by atomic mass is 16.5. The number of morpholine rings is 1. The topological polar surface area (TPSA) is 98.8 Å². The van der Waals surface area contributed by atoms with Gasteiger partial charge in [-0.3, -0.25) is 0 Å². The van der Waals surface area contributed by atoms with Crippen molar-refractivity contribution in [3.05, 3.63) is 54.5 Å². The number of rotatable bonds is 2. The summed E-state index contributed by atoms with van der Waals surface area (Å²) in [5, 5.41) is 0. The zero-order valence-electron chi connectivity index (χ0n) is 14.8. The second-order valence-electron chi connectivity index (χ2n) is 6.12. The van der Waals surface area contributed by atoms with Crippen LogP contribution in [0.25, 0.3) is 16.7 Å². The van der Waals surface area contributed by atoms with Gasteiger partial charge in [-0.15, -0.1) is 0 Å². The lowest BCUT2D eigenvalue weighted by atomic mass is 10.1. The predicted molar refractivity (Wildman–Crippen MR) is 104 cm³/mol. The quantitative estimate of drug-likeness (QED) is 0.865. The third-order valence-electron chi connectivity index (χ3n) is 4.23. The Hall–Kier alpha value is -3.26. The van der Waals surface area contributed by atoms with Crippen LogP contribution < -0.4 is 10.6 Å². The molecule has 0 radical (unpaired) electrons. The van der Waals surface area contributed by atoms with Crippen molar-refractivity contribution < 1.29 is 9.47 Å². The van der Waals surface area contributed by atoms with Gasteiger partial charge in [-0.25, -0.2) is 15.0 Å². The molecule has 4 heterocycles. The molecular weight excluding hydrogens is 344 g/mol. The fourth-order valence-electron chi connectivity index (χ4n) is 2.90. The standard InChI is InChI=1S/C19H20N6O2/c1-13-11-14(3-2-8-27-19(20)22-13)15-4-5-16-18(23-15)24-17(12-21-16)25-6-9-26-10-7-25/h2-5,11-12H,1,6-10H2,(H2,20,22)/b3-2-,14-11+. The van der Waals surface area contributed by atoms with Gasteiger partial charge in [0.15, 0.2) is 5.65 Å². The number of aromatic nitrogens is 3. The van der Waals surface area contributed by atoms with Gasteiger partial charge in [0.2, 0.25) is 0 Å². The Kier molecular flexibility index (Phi) is 4.80. The highest BCUT2D eigenvalue weighted by molar-refractivity contribution is 5.81. The molecular formula is C19H20N6O2. The molecule has 2 aromatic heterocycles. The van der Waals surface area contributed by atoms with E-state index in [9.17, 15) is 0 Å². The Morgan fingerprint density at radius 1 is 1.15 bits per heavy atom. The third-order valence-corrected chi connectivity index (χ3v) is 4.23. The zero-order valence-corrected chi connectivity index (χ0v) is 14.8. The molecule has 27 heavy (non-hydrogen) atoms.